The van der Waals surface area contributed by atoms with Crippen LogP contribution in [0.1, 0.15) is 12.8 Å². The van der Waals surface area contributed by atoms with Crippen molar-refractivity contribution in [3.05, 3.63) is 18.2 Å². The van der Waals surface area contributed by atoms with Gasteiger partial charge in [0, 0.05) is 37.8 Å². The zero-order chi connectivity index (χ0) is 18.9. The molecule has 1 N–H and O–H groups in total. The minimum atomic E-state index is -4.87. The maximum absolute atomic E-state index is 12.5. The van der Waals surface area contributed by atoms with Crippen LogP contribution in [0.15, 0.2) is 18.2 Å². The van der Waals surface area contributed by atoms with Gasteiger partial charge in [-0.3, -0.25) is 9.59 Å². The zero-order valence-corrected chi connectivity index (χ0v) is 14.3. The molecule has 0 aromatic heterocycles. The van der Waals surface area contributed by atoms with E-state index >= 15 is 0 Å². The first-order valence-corrected chi connectivity index (χ1v) is 8.40. The van der Waals surface area contributed by atoms with Crippen LogP contribution in [0, 0.1) is 5.92 Å². The molecular formula is C17H20F3N3O3. The maximum Gasteiger partial charge on any atom is 0.471 e. The third-order valence-corrected chi connectivity index (χ3v) is 4.72. The van der Waals surface area contributed by atoms with Crippen LogP contribution in [0.5, 0.6) is 5.75 Å². The quantitative estimate of drug-likeness (QED) is 0.866. The van der Waals surface area contributed by atoms with Crippen LogP contribution >= 0.6 is 0 Å². The second kappa shape index (κ2) is 7.05. The number of carbonyl (C=O) groups is 2. The standard InChI is InChI=1S/C17H20F3N3O3/c1-22-8-9-26-14-10-12(2-3-13(14)22)21-15(24)11-4-6-23(7-5-11)16(25)17(18,19)20/h2-3,10-11H,4-9H2,1H3,(H,21,24). The summed E-state index contributed by atoms with van der Waals surface area (Å²) in [6, 6.07) is 5.37. The molecule has 2 amide bonds. The lowest BCUT2D eigenvalue weighted by Crippen LogP contribution is -2.46. The SMILES string of the molecule is CN1CCOc2cc(NC(=O)C3CCN(C(=O)C(F)(F)F)CC3)ccc21. The smallest absolute Gasteiger partial charge is 0.471 e. The van der Waals surface area contributed by atoms with E-state index in [1.165, 1.54) is 0 Å². The molecule has 0 spiro atoms. The number of likely N-dealkylation sites (N-methyl/N-ethyl adjacent to an activating group) is 1. The summed E-state index contributed by atoms with van der Waals surface area (Å²) in [5, 5.41) is 2.79. The molecule has 1 fully saturated rings. The van der Waals surface area contributed by atoms with Crippen LogP contribution in [0.3, 0.4) is 0 Å². The lowest BCUT2D eigenvalue weighted by molar-refractivity contribution is -0.186. The largest absolute Gasteiger partial charge is 0.489 e. The van der Waals surface area contributed by atoms with Gasteiger partial charge in [-0.1, -0.05) is 0 Å². The number of piperidine rings is 1. The number of amides is 2. The highest BCUT2D eigenvalue weighted by Gasteiger charge is 2.43. The molecule has 1 aromatic rings. The molecule has 6 nitrogen and oxygen atoms in total. The molecular weight excluding hydrogens is 351 g/mol. The number of hydrogen-bond donors (Lipinski definition) is 1. The number of nitrogens with zero attached hydrogens (tertiary/aromatic N) is 2. The molecule has 3 rings (SSSR count). The predicted octanol–water partition coefficient (Wildman–Crippen LogP) is 2.25. The van der Waals surface area contributed by atoms with Crippen molar-refractivity contribution in [3.8, 4) is 5.75 Å². The molecule has 142 valence electrons. The summed E-state index contributed by atoms with van der Waals surface area (Å²) >= 11 is 0. The zero-order valence-electron chi connectivity index (χ0n) is 14.3. The number of nitrogens with one attached hydrogen (secondary N) is 1. The molecule has 2 heterocycles. The number of anilines is 2. The molecule has 0 unspecified atom stereocenters. The van der Waals surface area contributed by atoms with Gasteiger partial charge in [0.15, 0.2) is 0 Å². The lowest BCUT2D eigenvalue weighted by Gasteiger charge is -2.32. The van der Waals surface area contributed by atoms with Gasteiger partial charge in [0.2, 0.25) is 5.91 Å². The number of fused-ring (bicyclic) bond motifs is 1. The first kappa shape index (κ1) is 18.3. The van der Waals surface area contributed by atoms with E-state index in [0.717, 1.165) is 17.1 Å². The fourth-order valence-corrected chi connectivity index (χ4v) is 3.20. The molecule has 1 saturated heterocycles. The summed E-state index contributed by atoms with van der Waals surface area (Å²) in [6.07, 6.45) is -4.46. The molecule has 1 aromatic carbocycles. The number of carbonyl (C=O) groups excluding carboxylic acids is 2. The normalized spacial score (nSPS) is 18.2. The summed E-state index contributed by atoms with van der Waals surface area (Å²) in [6.45, 7) is 1.20. The molecule has 26 heavy (non-hydrogen) atoms. The van der Waals surface area contributed by atoms with Crippen LogP contribution in [-0.4, -0.2) is 56.2 Å². The van der Waals surface area contributed by atoms with Crippen molar-refractivity contribution in [2.24, 2.45) is 5.92 Å². The van der Waals surface area contributed by atoms with Gasteiger partial charge in [-0.05, 0) is 25.0 Å². The topological polar surface area (TPSA) is 61.9 Å². The molecule has 9 heteroatoms. The summed E-state index contributed by atoms with van der Waals surface area (Å²) < 4.78 is 43.0. The van der Waals surface area contributed by atoms with Crippen molar-refractivity contribution < 1.29 is 27.5 Å². The molecule has 0 aliphatic carbocycles. The van der Waals surface area contributed by atoms with E-state index in [1.807, 2.05) is 13.1 Å². The Morgan fingerprint density at radius 1 is 1.19 bits per heavy atom. The highest BCUT2D eigenvalue weighted by atomic mass is 19.4. The maximum atomic E-state index is 12.5. The average molecular weight is 371 g/mol. The van der Waals surface area contributed by atoms with Crippen molar-refractivity contribution in [2.75, 3.05) is 43.5 Å². The third kappa shape index (κ3) is 3.86. The summed E-state index contributed by atoms with van der Waals surface area (Å²) in [4.78, 5) is 26.4. The number of rotatable bonds is 2. The molecule has 0 saturated carbocycles. The van der Waals surface area contributed by atoms with Crippen LogP contribution < -0.4 is 15.0 Å². The van der Waals surface area contributed by atoms with Gasteiger partial charge < -0.3 is 19.9 Å². The van der Waals surface area contributed by atoms with Crippen molar-refractivity contribution in [1.82, 2.24) is 4.90 Å². The Morgan fingerprint density at radius 2 is 1.88 bits per heavy atom. The number of halogens is 3. The van der Waals surface area contributed by atoms with Gasteiger partial charge >= 0.3 is 12.1 Å². The fourth-order valence-electron chi connectivity index (χ4n) is 3.20. The highest BCUT2D eigenvalue weighted by Crippen LogP contribution is 2.33. The predicted molar refractivity (Wildman–Crippen MR) is 89.2 cm³/mol. The molecule has 2 aliphatic rings. The summed E-state index contributed by atoms with van der Waals surface area (Å²) in [5.41, 5.74) is 1.52. The van der Waals surface area contributed by atoms with E-state index in [1.54, 1.807) is 12.1 Å². The number of likely N-dealkylation sites (tertiary alicyclic amines) is 1. The first-order valence-electron chi connectivity index (χ1n) is 8.40. The molecule has 2 aliphatic heterocycles. The molecule has 0 radical (unpaired) electrons. The summed E-state index contributed by atoms with van der Waals surface area (Å²) in [5.74, 6) is -1.84. The van der Waals surface area contributed by atoms with Gasteiger partial charge in [-0.2, -0.15) is 13.2 Å². The molecule has 0 atom stereocenters. The Morgan fingerprint density at radius 3 is 2.54 bits per heavy atom. The number of ether oxygens (including phenoxy) is 1. The monoisotopic (exact) mass is 371 g/mol. The Balaban J connectivity index is 1.57. The third-order valence-electron chi connectivity index (χ3n) is 4.72. The van der Waals surface area contributed by atoms with Crippen LogP contribution in [-0.2, 0) is 9.59 Å². The molecule has 0 bridgehead atoms. The number of alkyl halides is 3. The van der Waals surface area contributed by atoms with Gasteiger partial charge in [-0.25, -0.2) is 0 Å². The first-order chi connectivity index (χ1) is 12.3. The van der Waals surface area contributed by atoms with E-state index in [4.69, 9.17) is 4.74 Å². The van der Waals surface area contributed by atoms with E-state index in [9.17, 15) is 22.8 Å². The van der Waals surface area contributed by atoms with Crippen LogP contribution in [0.2, 0.25) is 0 Å². The van der Waals surface area contributed by atoms with Gasteiger partial charge in [0.25, 0.3) is 0 Å². The Bertz CT molecular complexity index is 700. The van der Waals surface area contributed by atoms with Gasteiger partial charge in [0.05, 0.1) is 12.2 Å². The van der Waals surface area contributed by atoms with E-state index in [-0.39, 0.29) is 31.8 Å². The van der Waals surface area contributed by atoms with E-state index in [0.29, 0.717) is 18.0 Å². The van der Waals surface area contributed by atoms with Crippen LogP contribution in [0.4, 0.5) is 24.5 Å². The van der Waals surface area contributed by atoms with Crippen molar-refractivity contribution in [1.29, 1.82) is 0 Å². The minimum Gasteiger partial charge on any atom is -0.489 e. The number of hydrogen-bond acceptors (Lipinski definition) is 4. The number of benzene rings is 1. The average Bonchev–Trinajstić information content (AvgIpc) is 2.60. The van der Waals surface area contributed by atoms with E-state index < -0.39 is 18.0 Å². The minimum absolute atomic E-state index is 0.0749. The Labute approximate surface area is 148 Å². The van der Waals surface area contributed by atoms with Crippen molar-refractivity contribution in [2.45, 2.75) is 19.0 Å². The van der Waals surface area contributed by atoms with Crippen molar-refractivity contribution >= 4 is 23.2 Å². The summed E-state index contributed by atoms with van der Waals surface area (Å²) in [7, 11) is 1.95. The second-order valence-electron chi connectivity index (χ2n) is 6.51. The van der Waals surface area contributed by atoms with Crippen LogP contribution in [0.25, 0.3) is 0 Å². The van der Waals surface area contributed by atoms with Gasteiger partial charge in [0.1, 0.15) is 12.4 Å². The fraction of sp³-hybridized carbons (Fsp3) is 0.529. The Kier molecular flexibility index (Phi) is 4.97. The highest BCUT2D eigenvalue weighted by molar-refractivity contribution is 5.93. The lowest BCUT2D eigenvalue weighted by atomic mass is 9.95. The van der Waals surface area contributed by atoms with Crippen molar-refractivity contribution in [3.63, 3.8) is 0 Å². The van der Waals surface area contributed by atoms with Gasteiger partial charge in [-0.15, -0.1) is 0 Å². The van der Waals surface area contributed by atoms with E-state index in [2.05, 4.69) is 10.2 Å². The second-order valence-corrected chi connectivity index (χ2v) is 6.51. The Hall–Kier alpha value is -2.45.